The van der Waals surface area contributed by atoms with E-state index in [-0.39, 0.29) is 0 Å². The maximum atomic E-state index is 3.81. The lowest BCUT2D eigenvalue weighted by Crippen LogP contribution is -2.29. The van der Waals surface area contributed by atoms with E-state index < -0.39 is 0 Å². The highest BCUT2D eigenvalue weighted by Crippen LogP contribution is 2.49. The van der Waals surface area contributed by atoms with Crippen LogP contribution >= 0.6 is 0 Å². The molecule has 120 valence electrons. The molecule has 2 heterocycles. The van der Waals surface area contributed by atoms with E-state index in [1.54, 1.807) is 5.57 Å². The Labute approximate surface area is 143 Å². The summed E-state index contributed by atoms with van der Waals surface area (Å²) < 4.78 is 0. The van der Waals surface area contributed by atoms with Crippen molar-refractivity contribution >= 4 is 5.69 Å². The lowest BCUT2D eigenvalue weighted by molar-refractivity contribution is 0.589. The largest absolute Gasteiger partial charge is 0.361 e. The van der Waals surface area contributed by atoms with Gasteiger partial charge in [-0.05, 0) is 48.4 Å². The van der Waals surface area contributed by atoms with E-state index in [1.165, 1.54) is 59.6 Å². The van der Waals surface area contributed by atoms with Crippen molar-refractivity contribution in [1.29, 1.82) is 0 Å². The molecule has 2 heteroatoms. The molecule has 1 aliphatic carbocycles. The standard InChI is InChI=1S/C22H22N2/c1-2-8-15(9-3-1)14-20-22-21(16-10-4-6-12-18(16)23-20)17-11-5-7-13-19(17)24-22/h1-3,5,7-9,11,13,21,23-24H,4,6,10,12,14H2. The second-order valence-corrected chi connectivity index (χ2v) is 7.04. The Hall–Kier alpha value is -2.48. The fourth-order valence-electron chi connectivity index (χ4n) is 4.43. The number of benzene rings is 2. The Bertz CT molecular complexity index is 845. The zero-order valence-electron chi connectivity index (χ0n) is 13.8. The lowest BCUT2D eigenvalue weighted by Gasteiger charge is -2.33. The van der Waals surface area contributed by atoms with Crippen LogP contribution in [0.15, 0.2) is 77.3 Å². The SMILES string of the molecule is c1ccc(CC2=C3Nc4ccccc4C3C3=C(CCCC3)N2)cc1. The van der Waals surface area contributed by atoms with Gasteiger partial charge in [0.1, 0.15) is 0 Å². The predicted molar refractivity (Wildman–Crippen MR) is 98.6 cm³/mol. The molecule has 2 nitrogen and oxygen atoms in total. The van der Waals surface area contributed by atoms with Crippen LogP contribution in [0.4, 0.5) is 5.69 Å². The molecule has 2 N–H and O–H groups in total. The minimum Gasteiger partial charge on any atom is -0.361 e. The zero-order chi connectivity index (χ0) is 15.9. The summed E-state index contributed by atoms with van der Waals surface area (Å²) in [4.78, 5) is 0. The van der Waals surface area contributed by atoms with E-state index in [4.69, 9.17) is 0 Å². The van der Waals surface area contributed by atoms with Crippen LogP contribution in [0.25, 0.3) is 0 Å². The van der Waals surface area contributed by atoms with Crippen molar-refractivity contribution in [3.8, 4) is 0 Å². The number of hydrogen-bond acceptors (Lipinski definition) is 2. The third-order valence-electron chi connectivity index (χ3n) is 5.54. The van der Waals surface area contributed by atoms with Crippen molar-refractivity contribution in [2.75, 3.05) is 5.32 Å². The van der Waals surface area contributed by atoms with Crippen molar-refractivity contribution in [3.63, 3.8) is 0 Å². The van der Waals surface area contributed by atoms with Gasteiger partial charge < -0.3 is 10.6 Å². The molecule has 2 aromatic carbocycles. The summed E-state index contributed by atoms with van der Waals surface area (Å²) >= 11 is 0. The van der Waals surface area contributed by atoms with Crippen LogP contribution in [0.5, 0.6) is 0 Å². The fraction of sp³-hybridized carbons (Fsp3) is 0.273. The van der Waals surface area contributed by atoms with Crippen LogP contribution in [0.2, 0.25) is 0 Å². The van der Waals surface area contributed by atoms with E-state index in [0.29, 0.717) is 5.92 Å². The van der Waals surface area contributed by atoms with Crippen molar-refractivity contribution in [2.24, 2.45) is 0 Å². The first-order chi connectivity index (χ1) is 11.9. The molecule has 0 saturated carbocycles. The summed E-state index contributed by atoms with van der Waals surface area (Å²) in [5.41, 5.74) is 9.93. The van der Waals surface area contributed by atoms with Gasteiger partial charge in [-0.2, -0.15) is 0 Å². The van der Waals surface area contributed by atoms with Crippen molar-refractivity contribution in [2.45, 2.75) is 38.0 Å². The highest BCUT2D eigenvalue weighted by Gasteiger charge is 2.37. The zero-order valence-corrected chi connectivity index (χ0v) is 13.8. The Morgan fingerprint density at radius 2 is 1.62 bits per heavy atom. The molecular formula is C22H22N2. The number of hydrogen-bond donors (Lipinski definition) is 2. The molecule has 24 heavy (non-hydrogen) atoms. The predicted octanol–water partition coefficient (Wildman–Crippen LogP) is 5.08. The molecule has 0 radical (unpaired) electrons. The molecule has 3 aliphatic rings. The topological polar surface area (TPSA) is 24.1 Å². The summed E-state index contributed by atoms with van der Waals surface area (Å²) in [6.45, 7) is 0. The third-order valence-corrected chi connectivity index (χ3v) is 5.54. The minimum absolute atomic E-state index is 0.441. The molecule has 0 bridgehead atoms. The van der Waals surface area contributed by atoms with Gasteiger partial charge in [0.05, 0.1) is 5.92 Å². The Kier molecular flexibility index (Phi) is 3.22. The summed E-state index contributed by atoms with van der Waals surface area (Å²) in [6.07, 6.45) is 6.01. The Morgan fingerprint density at radius 3 is 2.54 bits per heavy atom. The molecule has 5 rings (SSSR count). The van der Waals surface area contributed by atoms with Crippen LogP contribution in [0, 0.1) is 0 Å². The molecule has 2 aromatic rings. The third kappa shape index (κ3) is 2.17. The average Bonchev–Trinajstić information content (AvgIpc) is 3.03. The van der Waals surface area contributed by atoms with Gasteiger partial charge in [0, 0.05) is 29.2 Å². The van der Waals surface area contributed by atoms with Gasteiger partial charge in [-0.15, -0.1) is 0 Å². The minimum atomic E-state index is 0.441. The van der Waals surface area contributed by atoms with Gasteiger partial charge in [0.2, 0.25) is 0 Å². The monoisotopic (exact) mass is 314 g/mol. The van der Waals surface area contributed by atoms with E-state index in [9.17, 15) is 0 Å². The van der Waals surface area contributed by atoms with Crippen LogP contribution < -0.4 is 10.6 Å². The van der Waals surface area contributed by atoms with Crippen LogP contribution in [-0.4, -0.2) is 0 Å². The number of para-hydroxylation sites is 1. The molecule has 1 unspecified atom stereocenters. The van der Waals surface area contributed by atoms with Gasteiger partial charge in [0.15, 0.2) is 0 Å². The number of nitrogens with one attached hydrogen (secondary N) is 2. The van der Waals surface area contributed by atoms with Crippen molar-refractivity contribution in [1.82, 2.24) is 5.32 Å². The van der Waals surface area contributed by atoms with E-state index >= 15 is 0 Å². The summed E-state index contributed by atoms with van der Waals surface area (Å²) in [6, 6.07) is 19.6. The van der Waals surface area contributed by atoms with Gasteiger partial charge in [-0.25, -0.2) is 0 Å². The number of anilines is 1. The lowest BCUT2D eigenvalue weighted by atomic mass is 9.79. The van der Waals surface area contributed by atoms with Crippen LogP contribution in [-0.2, 0) is 6.42 Å². The highest BCUT2D eigenvalue weighted by molar-refractivity contribution is 5.70. The Balaban J connectivity index is 1.61. The molecule has 0 fully saturated rings. The van der Waals surface area contributed by atoms with Crippen molar-refractivity contribution < 1.29 is 0 Å². The molecule has 2 aliphatic heterocycles. The molecular weight excluding hydrogens is 292 g/mol. The van der Waals surface area contributed by atoms with Gasteiger partial charge in [-0.1, -0.05) is 48.5 Å². The van der Waals surface area contributed by atoms with E-state index in [0.717, 1.165) is 6.42 Å². The fourth-order valence-corrected chi connectivity index (χ4v) is 4.43. The van der Waals surface area contributed by atoms with Crippen LogP contribution in [0.3, 0.4) is 0 Å². The molecule has 0 spiro atoms. The van der Waals surface area contributed by atoms with Gasteiger partial charge in [0.25, 0.3) is 0 Å². The number of dihydropyridines is 1. The van der Waals surface area contributed by atoms with Gasteiger partial charge in [-0.3, -0.25) is 0 Å². The number of fused-ring (bicyclic) bond motifs is 4. The normalized spacial score (nSPS) is 21.6. The van der Waals surface area contributed by atoms with E-state index in [1.807, 2.05) is 0 Å². The molecule has 0 aromatic heterocycles. The average molecular weight is 314 g/mol. The quantitative estimate of drug-likeness (QED) is 0.807. The first-order valence-electron chi connectivity index (χ1n) is 9.02. The van der Waals surface area contributed by atoms with Crippen molar-refractivity contribution in [3.05, 3.63) is 88.4 Å². The molecule has 1 atom stereocenters. The molecule has 0 amide bonds. The van der Waals surface area contributed by atoms with Crippen LogP contribution in [0.1, 0.15) is 42.7 Å². The van der Waals surface area contributed by atoms with E-state index in [2.05, 4.69) is 65.2 Å². The first-order valence-corrected chi connectivity index (χ1v) is 9.02. The second kappa shape index (κ2) is 5.55. The smallest absolute Gasteiger partial charge is 0.0508 e. The molecule has 0 saturated heterocycles. The summed E-state index contributed by atoms with van der Waals surface area (Å²) in [5, 5.41) is 7.53. The summed E-state index contributed by atoms with van der Waals surface area (Å²) in [7, 11) is 0. The second-order valence-electron chi connectivity index (χ2n) is 7.04. The number of rotatable bonds is 2. The summed E-state index contributed by atoms with van der Waals surface area (Å²) in [5.74, 6) is 0.441. The number of allylic oxidation sites excluding steroid dienone is 3. The highest BCUT2D eigenvalue weighted by atomic mass is 15.0. The van der Waals surface area contributed by atoms with Gasteiger partial charge >= 0.3 is 0 Å². The maximum absolute atomic E-state index is 3.81. The first kappa shape index (κ1) is 13.9. The Morgan fingerprint density at radius 1 is 0.833 bits per heavy atom. The maximum Gasteiger partial charge on any atom is 0.0508 e.